The van der Waals surface area contributed by atoms with Crippen molar-refractivity contribution in [1.82, 2.24) is 14.2 Å². The van der Waals surface area contributed by atoms with Gasteiger partial charge in [-0.3, -0.25) is 9.69 Å². The number of nitrogens with zero attached hydrogens (tertiary/aromatic N) is 2. The summed E-state index contributed by atoms with van der Waals surface area (Å²) >= 11 is 0. The van der Waals surface area contributed by atoms with Crippen LogP contribution in [-0.2, 0) is 23.6 Å². The molecule has 0 radical (unpaired) electrons. The summed E-state index contributed by atoms with van der Waals surface area (Å²) in [5, 5.41) is 0. The predicted octanol–water partition coefficient (Wildman–Crippen LogP) is 0.679. The highest BCUT2D eigenvalue weighted by molar-refractivity contribution is 7.88. The number of sulfonamides is 1. The summed E-state index contributed by atoms with van der Waals surface area (Å²) in [5.41, 5.74) is 1.02. The highest BCUT2D eigenvalue weighted by Gasteiger charge is 2.22. The monoisotopic (exact) mass is 327 g/mol. The first-order chi connectivity index (χ1) is 10.3. The van der Waals surface area contributed by atoms with Gasteiger partial charge in [-0.15, -0.1) is 0 Å². The minimum atomic E-state index is -3.12. The molecule has 22 heavy (non-hydrogen) atoms. The Labute approximate surface area is 132 Å². The molecule has 1 atom stereocenters. The summed E-state index contributed by atoms with van der Waals surface area (Å²) < 4.78 is 26.4. The zero-order chi connectivity index (χ0) is 16.2. The Morgan fingerprint density at radius 2 is 2.14 bits per heavy atom. The second kappa shape index (κ2) is 7.39. The molecule has 0 unspecified atom stereocenters. The van der Waals surface area contributed by atoms with Crippen LogP contribution in [0.5, 0.6) is 0 Å². The first-order valence-electron chi connectivity index (χ1n) is 7.69. The van der Waals surface area contributed by atoms with E-state index in [-0.39, 0.29) is 5.56 Å². The molecule has 124 valence electrons. The third kappa shape index (κ3) is 5.23. The number of nitrogens with one attached hydrogen (secondary N) is 1. The van der Waals surface area contributed by atoms with E-state index in [4.69, 9.17) is 0 Å². The number of piperidine rings is 1. The topological polar surface area (TPSA) is 71.4 Å². The molecule has 6 nitrogen and oxygen atoms in total. The van der Waals surface area contributed by atoms with Crippen molar-refractivity contribution >= 4 is 10.0 Å². The lowest BCUT2D eigenvalue weighted by Crippen LogP contribution is -2.41. The van der Waals surface area contributed by atoms with Crippen molar-refractivity contribution in [2.75, 3.05) is 19.3 Å². The van der Waals surface area contributed by atoms with Crippen molar-refractivity contribution < 1.29 is 8.42 Å². The van der Waals surface area contributed by atoms with Crippen LogP contribution in [0.2, 0.25) is 0 Å². The second-order valence-electron chi connectivity index (χ2n) is 6.06. The molecule has 1 saturated heterocycles. The Hall–Kier alpha value is -1.18. The fourth-order valence-electron chi connectivity index (χ4n) is 2.93. The minimum absolute atomic E-state index is 0.00445. The molecular weight excluding hydrogens is 302 g/mol. The first-order valence-corrected chi connectivity index (χ1v) is 9.58. The Morgan fingerprint density at radius 3 is 2.82 bits per heavy atom. The molecule has 0 spiro atoms. The van der Waals surface area contributed by atoms with Crippen LogP contribution >= 0.6 is 0 Å². The van der Waals surface area contributed by atoms with Crippen molar-refractivity contribution in [3.63, 3.8) is 0 Å². The van der Waals surface area contributed by atoms with Gasteiger partial charge in [-0.2, -0.15) is 0 Å². The number of likely N-dealkylation sites (tertiary alicyclic amines) is 1. The zero-order valence-electron chi connectivity index (χ0n) is 13.3. The van der Waals surface area contributed by atoms with Crippen molar-refractivity contribution in [1.29, 1.82) is 0 Å². The van der Waals surface area contributed by atoms with Gasteiger partial charge in [0.2, 0.25) is 10.0 Å². The van der Waals surface area contributed by atoms with Gasteiger partial charge in [-0.1, -0.05) is 6.42 Å². The van der Waals surface area contributed by atoms with E-state index in [1.54, 1.807) is 23.9 Å². The molecule has 0 saturated carbocycles. The number of hydrogen-bond donors (Lipinski definition) is 1. The van der Waals surface area contributed by atoms with Crippen LogP contribution in [0.15, 0.2) is 23.1 Å². The summed E-state index contributed by atoms with van der Waals surface area (Å²) in [5.74, 6) is 0. The molecule has 1 aliphatic heterocycles. The molecule has 2 heterocycles. The van der Waals surface area contributed by atoms with E-state index in [2.05, 4.69) is 9.62 Å². The normalized spacial score (nSPS) is 20.2. The molecule has 1 fully saturated rings. The van der Waals surface area contributed by atoms with E-state index in [1.165, 1.54) is 12.7 Å². The van der Waals surface area contributed by atoms with E-state index in [1.807, 2.05) is 6.07 Å². The molecule has 0 aromatic carbocycles. The number of aryl methyl sites for hydroxylation is 1. The quantitative estimate of drug-likeness (QED) is 0.834. The maximum Gasteiger partial charge on any atom is 0.250 e. The Balaban J connectivity index is 1.97. The summed E-state index contributed by atoms with van der Waals surface area (Å²) in [7, 11) is -1.38. The molecule has 1 aromatic rings. The van der Waals surface area contributed by atoms with Gasteiger partial charge in [0.1, 0.15) is 0 Å². The van der Waals surface area contributed by atoms with Crippen molar-refractivity contribution in [3.8, 4) is 0 Å². The summed E-state index contributed by atoms with van der Waals surface area (Å²) in [6.45, 7) is 2.22. The van der Waals surface area contributed by atoms with Crippen molar-refractivity contribution in [2.45, 2.75) is 38.3 Å². The predicted molar refractivity (Wildman–Crippen MR) is 87.2 cm³/mol. The average Bonchev–Trinajstić information content (AvgIpc) is 2.43. The summed E-state index contributed by atoms with van der Waals surface area (Å²) in [4.78, 5) is 14.1. The van der Waals surface area contributed by atoms with Crippen molar-refractivity contribution in [2.24, 2.45) is 7.05 Å². The van der Waals surface area contributed by atoms with E-state index < -0.39 is 10.0 Å². The van der Waals surface area contributed by atoms with Gasteiger partial charge in [-0.05, 0) is 37.4 Å². The van der Waals surface area contributed by atoms with Crippen molar-refractivity contribution in [3.05, 3.63) is 34.2 Å². The number of pyridine rings is 1. The van der Waals surface area contributed by atoms with Crippen LogP contribution in [-0.4, -0.2) is 43.3 Å². The van der Waals surface area contributed by atoms with E-state index in [0.717, 1.165) is 37.9 Å². The summed E-state index contributed by atoms with van der Waals surface area (Å²) in [6, 6.07) is 4.02. The lowest BCUT2D eigenvalue weighted by molar-refractivity contribution is 0.133. The van der Waals surface area contributed by atoms with Gasteiger partial charge < -0.3 is 4.57 Å². The molecule has 1 N–H and O–H groups in total. The lowest BCUT2D eigenvalue weighted by Gasteiger charge is -2.35. The van der Waals surface area contributed by atoms with E-state index in [9.17, 15) is 13.2 Å². The number of rotatable bonds is 6. The fourth-order valence-corrected chi connectivity index (χ4v) is 3.42. The van der Waals surface area contributed by atoms with Gasteiger partial charge in [0.05, 0.1) is 6.26 Å². The van der Waals surface area contributed by atoms with Crippen LogP contribution in [0.25, 0.3) is 0 Å². The molecule has 2 rings (SSSR count). The van der Waals surface area contributed by atoms with Crippen LogP contribution in [0.3, 0.4) is 0 Å². The van der Waals surface area contributed by atoms with E-state index >= 15 is 0 Å². The number of aromatic nitrogens is 1. The zero-order valence-corrected chi connectivity index (χ0v) is 14.1. The van der Waals surface area contributed by atoms with Gasteiger partial charge in [0.15, 0.2) is 0 Å². The van der Waals surface area contributed by atoms with Gasteiger partial charge in [0.25, 0.3) is 5.56 Å². The maximum absolute atomic E-state index is 11.7. The summed E-state index contributed by atoms with van der Waals surface area (Å²) in [6.07, 6.45) is 7.19. The molecule has 0 bridgehead atoms. The van der Waals surface area contributed by atoms with Crippen LogP contribution in [0.4, 0.5) is 0 Å². The molecular formula is C15H25N3O3S. The smallest absolute Gasteiger partial charge is 0.250 e. The first kappa shape index (κ1) is 17.2. The van der Waals surface area contributed by atoms with Crippen LogP contribution in [0.1, 0.15) is 31.2 Å². The Bertz CT molecular complexity index is 654. The van der Waals surface area contributed by atoms with Gasteiger partial charge >= 0.3 is 0 Å². The fraction of sp³-hybridized carbons (Fsp3) is 0.667. The second-order valence-corrected chi connectivity index (χ2v) is 7.89. The van der Waals surface area contributed by atoms with Crippen LogP contribution in [0, 0.1) is 0 Å². The van der Waals surface area contributed by atoms with E-state index in [0.29, 0.717) is 12.6 Å². The molecule has 0 aliphatic carbocycles. The largest absolute Gasteiger partial charge is 0.319 e. The van der Waals surface area contributed by atoms with Crippen LogP contribution < -0.4 is 10.3 Å². The SMILES string of the molecule is Cn1ccc(CN2CCCC[C@H]2CCNS(C)(=O)=O)cc1=O. The molecule has 0 amide bonds. The average molecular weight is 327 g/mol. The molecule has 7 heteroatoms. The van der Waals surface area contributed by atoms with Gasteiger partial charge in [-0.25, -0.2) is 13.1 Å². The Kier molecular flexibility index (Phi) is 5.77. The maximum atomic E-state index is 11.7. The third-order valence-corrected chi connectivity index (χ3v) is 4.87. The standard InChI is InChI=1S/C15H25N3O3S/c1-17-10-7-13(11-15(17)19)12-18-9-4-3-5-14(18)6-8-16-22(2,20)21/h7,10-11,14,16H,3-6,8-9,12H2,1-2H3/t14-/m0/s1. The molecule has 1 aliphatic rings. The lowest BCUT2D eigenvalue weighted by atomic mass is 9.98. The molecule has 1 aromatic heterocycles. The number of hydrogen-bond acceptors (Lipinski definition) is 4. The Morgan fingerprint density at radius 1 is 1.36 bits per heavy atom. The minimum Gasteiger partial charge on any atom is -0.319 e. The van der Waals surface area contributed by atoms with Gasteiger partial charge in [0, 0.05) is 38.4 Å². The highest BCUT2D eigenvalue weighted by atomic mass is 32.2. The highest BCUT2D eigenvalue weighted by Crippen LogP contribution is 2.21. The third-order valence-electron chi connectivity index (χ3n) is 4.15.